The van der Waals surface area contributed by atoms with Crippen LogP contribution < -0.4 is 9.47 Å². The Balaban J connectivity index is 2.10. The Bertz CT molecular complexity index is 994. The van der Waals surface area contributed by atoms with Gasteiger partial charge in [0.1, 0.15) is 17.5 Å². The monoisotopic (exact) mass is 401 g/mol. The van der Waals surface area contributed by atoms with Crippen LogP contribution in [0, 0.1) is 0 Å². The highest BCUT2D eigenvalue weighted by Gasteiger charge is 2.41. The molecule has 8 heteroatoms. The Kier molecular flexibility index (Phi) is 5.60. The first-order chi connectivity index (χ1) is 13.4. The van der Waals surface area contributed by atoms with Crippen molar-refractivity contribution in [1.82, 2.24) is 4.90 Å². The molecule has 1 saturated heterocycles. The van der Waals surface area contributed by atoms with Crippen LogP contribution in [0.5, 0.6) is 11.5 Å². The van der Waals surface area contributed by atoms with Crippen LogP contribution in [0.4, 0.5) is 4.79 Å². The summed E-state index contributed by atoms with van der Waals surface area (Å²) in [5.41, 5.74) is 0.648. The number of ether oxygens (including phenoxy) is 3. The molecule has 28 heavy (non-hydrogen) atoms. The van der Waals surface area contributed by atoms with Crippen LogP contribution in [0.25, 0.3) is 16.8 Å². The second-order valence-corrected chi connectivity index (χ2v) is 7.01. The maximum atomic E-state index is 12.8. The number of imide groups is 1. The predicted molar refractivity (Wildman–Crippen MR) is 106 cm³/mol. The fourth-order valence-corrected chi connectivity index (χ4v) is 3.87. The van der Waals surface area contributed by atoms with Gasteiger partial charge in [0.15, 0.2) is 0 Å². The fourth-order valence-electron chi connectivity index (χ4n) is 2.98. The second-order valence-electron chi connectivity index (χ2n) is 6.02. The average molecular weight is 401 g/mol. The van der Waals surface area contributed by atoms with Gasteiger partial charge < -0.3 is 14.2 Å². The summed E-state index contributed by atoms with van der Waals surface area (Å²) in [6, 6.07) is 8.27. The van der Waals surface area contributed by atoms with Gasteiger partial charge in [-0.1, -0.05) is 12.1 Å². The van der Waals surface area contributed by atoms with E-state index in [0.717, 1.165) is 27.4 Å². The third kappa shape index (κ3) is 3.43. The number of benzene rings is 2. The van der Waals surface area contributed by atoms with Crippen molar-refractivity contribution in [2.75, 3.05) is 21.3 Å². The van der Waals surface area contributed by atoms with Crippen molar-refractivity contribution in [2.24, 2.45) is 0 Å². The minimum atomic E-state index is -1.00. The molecule has 1 aliphatic rings. The largest absolute Gasteiger partial charge is 0.497 e. The summed E-state index contributed by atoms with van der Waals surface area (Å²) in [7, 11) is 4.31. The average Bonchev–Trinajstić information content (AvgIpc) is 2.99. The standard InChI is InChI=1S/C20H19NO6S/c1-11(19(23)27-4)21-18(22)17(28-20(21)24)10-15-14-9-13(25-2)7-5-12(14)6-8-16(15)26-3/h5-11H,1-4H3/b17-10+/t11-/m1/s1. The van der Waals surface area contributed by atoms with Crippen molar-refractivity contribution in [2.45, 2.75) is 13.0 Å². The maximum Gasteiger partial charge on any atom is 0.328 e. The minimum absolute atomic E-state index is 0.203. The number of carbonyl (C=O) groups excluding carboxylic acids is 3. The number of nitrogens with zero attached hydrogens (tertiary/aromatic N) is 1. The van der Waals surface area contributed by atoms with E-state index in [4.69, 9.17) is 9.47 Å². The molecule has 1 fully saturated rings. The number of rotatable bonds is 5. The summed E-state index contributed by atoms with van der Waals surface area (Å²) in [6.45, 7) is 1.45. The van der Waals surface area contributed by atoms with Gasteiger partial charge in [-0.2, -0.15) is 0 Å². The van der Waals surface area contributed by atoms with Crippen LogP contribution >= 0.6 is 11.8 Å². The topological polar surface area (TPSA) is 82.1 Å². The van der Waals surface area contributed by atoms with Crippen molar-refractivity contribution in [3.63, 3.8) is 0 Å². The zero-order chi connectivity index (χ0) is 20.4. The molecule has 7 nitrogen and oxygen atoms in total. The van der Waals surface area contributed by atoms with Gasteiger partial charge in [-0.05, 0) is 53.7 Å². The van der Waals surface area contributed by atoms with Crippen LogP contribution in [0.2, 0.25) is 0 Å². The van der Waals surface area contributed by atoms with Crippen molar-refractivity contribution >= 4 is 45.7 Å². The number of carbonyl (C=O) groups is 3. The number of methoxy groups -OCH3 is 3. The molecule has 1 heterocycles. The van der Waals surface area contributed by atoms with Crippen molar-refractivity contribution in [3.05, 3.63) is 40.8 Å². The Morgan fingerprint density at radius 3 is 2.46 bits per heavy atom. The zero-order valence-corrected chi connectivity index (χ0v) is 16.7. The first-order valence-corrected chi connectivity index (χ1v) is 9.22. The summed E-state index contributed by atoms with van der Waals surface area (Å²) in [5, 5.41) is 1.22. The molecule has 0 N–H and O–H groups in total. The lowest BCUT2D eigenvalue weighted by atomic mass is 10.0. The summed E-state index contributed by atoms with van der Waals surface area (Å²) < 4.78 is 15.4. The Morgan fingerprint density at radius 1 is 1.11 bits per heavy atom. The lowest BCUT2D eigenvalue weighted by Gasteiger charge is -2.18. The summed E-state index contributed by atoms with van der Waals surface area (Å²) in [6.07, 6.45) is 1.61. The molecule has 0 spiro atoms. The van der Waals surface area contributed by atoms with Gasteiger partial charge in [0.05, 0.1) is 26.2 Å². The molecule has 0 aromatic heterocycles. The highest BCUT2D eigenvalue weighted by atomic mass is 32.2. The quantitative estimate of drug-likeness (QED) is 0.560. The van der Waals surface area contributed by atoms with Crippen LogP contribution in [-0.4, -0.2) is 49.4 Å². The first kappa shape index (κ1) is 19.8. The highest BCUT2D eigenvalue weighted by molar-refractivity contribution is 8.18. The van der Waals surface area contributed by atoms with Crippen molar-refractivity contribution < 1.29 is 28.6 Å². The number of hydrogen-bond acceptors (Lipinski definition) is 7. The van der Waals surface area contributed by atoms with E-state index < -0.39 is 23.2 Å². The molecular formula is C20H19NO6S. The van der Waals surface area contributed by atoms with E-state index in [-0.39, 0.29) is 4.91 Å². The van der Waals surface area contributed by atoms with Gasteiger partial charge in [0.2, 0.25) is 0 Å². The van der Waals surface area contributed by atoms with Crippen molar-refractivity contribution in [1.29, 1.82) is 0 Å². The molecule has 2 aromatic carbocycles. The molecule has 146 valence electrons. The molecule has 2 aromatic rings. The zero-order valence-electron chi connectivity index (χ0n) is 15.8. The van der Waals surface area contributed by atoms with Gasteiger partial charge >= 0.3 is 5.97 Å². The number of thioether (sulfide) groups is 1. The van der Waals surface area contributed by atoms with Crippen LogP contribution in [0.1, 0.15) is 12.5 Å². The van der Waals surface area contributed by atoms with E-state index in [1.807, 2.05) is 24.3 Å². The third-order valence-corrected chi connectivity index (χ3v) is 5.36. The first-order valence-electron chi connectivity index (χ1n) is 8.41. The number of hydrogen-bond donors (Lipinski definition) is 0. The van der Waals surface area contributed by atoms with Crippen molar-refractivity contribution in [3.8, 4) is 11.5 Å². The molecule has 0 unspecified atom stereocenters. The van der Waals surface area contributed by atoms with Gasteiger partial charge in [0.25, 0.3) is 11.1 Å². The number of fused-ring (bicyclic) bond motifs is 1. The van der Waals surface area contributed by atoms with E-state index in [0.29, 0.717) is 17.1 Å². The maximum absolute atomic E-state index is 12.8. The third-order valence-electron chi connectivity index (χ3n) is 4.48. The summed E-state index contributed by atoms with van der Waals surface area (Å²) >= 11 is 0.775. The van der Waals surface area contributed by atoms with E-state index in [2.05, 4.69) is 4.74 Å². The van der Waals surface area contributed by atoms with Gasteiger partial charge in [-0.25, -0.2) is 4.79 Å². The Labute approximate surface area is 166 Å². The molecule has 3 rings (SSSR count). The number of amides is 2. The van der Waals surface area contributed by atoms with E-state index in [1.165, 1.54) is 21.1 Å². The molecule has 0 saturated carbocycles. The van der Waals surface area contributed by atoms with E-state index >= 15 is 0 Å². The predicted octanol–water partition coefficient (Wildman–Crippen LogP) is 3.45. The minimum Gasteiger partial charge on any atom is -0.497 e. The van der Waals surface area contributed by atoms with Gasteiger partial charge in [-0.3, -0.25) is 14.5 Å². The van der Waals surface area contributed by atoms with Gasteiger partial charge in [0, 0.05) is 5.56 Å². The molecule has 1 aliphatic heterocycles. The Hall–Kier alpha value is -3.00. The molecule has 0 aliphatic carbocycles. The lowest BCUT2D eigenvalue weighted by molar-refractivity contribution is -0.148. The van der Waals surface area contributed by atoms with Crippen LogP contribution in [0.3, 0.4) is 0 Å². The smallest absolute Gasteiger partial charge is 0.328 e. The summed E-state index contributed by atoms with van der Waals surface area (Å²) in [4.78, 5) is 38.0. The normalized spacial score (nSPS) is 16.6. The second kappa shape index (κ2) is 7.93. The van der Waals surface area contributed by atoms with E-state index in [9.17, 15) is 14.4 Å². The molecule has 1 atom stereocenters. The molecule has 0 bridgehead atoms. The Morgan fingerprint density at radius 2 is 1.82 bits per heavy atom. The molecular weight excluding hydrogens is 382 g/mol. The molecule has 2 amide bonds. The van der Waals surface area contributed by atoms with Gasteiger partial charge in [-0.15, -0.1) is 0 Å². The van der Waals surface area contributed by atoms with E-state index in [1.54, 1.807) is 19.3 Å². The lowest BCUT2D eigenvalue weighted by Crippen LogP contribution is -2.42. The fraction of sp³-hybridized carbons (Fsp3) is 0.250. The SMILES string of the molecule is COC(=O)[C@@H](C)N1C(=O)S/C(=C/c2c(OC)ccc3ccc(OC)cc23)C1=O. The molecule has 0 radical (unpaired) electrons. The highest BCUT2D eigenvalue weighted by Crippen LogP contribution is 2.38. The van der Waals surface area contributed by atoms with Crippen LogP contribution in [0.15, 0.2) is 35.2 Å². The number of esters is 1. The van der Waals surface area contributed by atoms with Crippen LogP contribution in [-0.2, 0) is 14.3 Å². The summed E-state index contributed by atoms with van der Waals surface area (Å²) in [5.74, 6) is 0.00210.